The van der Waals surface area contributed by atoms with Crippen molar-refractivity contribution in [3.63, 3.8) is 0 Å². The molecule has 0 radical (unpaired) electrons. The molecule has 16 heavy (non-hydrogen) atoms. The normalized spacial score (nSPS) is 12.1. The molecule has 0 amide bonds. The van der Waals surface area contributed by atoms with Gasteiger partial charge >= 0.3 is 0 Å². The summed E-state index contributed by atoms with van der Waals surface area (Å²) >= 11 is 17.7. The van der Waals surface area contributed by atoms with Gasteiger partial charge in [-0.2, -0.15) is 0 Å². The van der Waals surface area contributed by atoms with E-state index in [0.717, 1.165) is 12.8 Å². The molecule has 0 saturated carbocycles. The maximum absolute atomic E-state index is 5.98. The van der Waals surface area contributed by atoms with Crippen molar-refractivity contribution in [2.75, 3.05) is 6.54 Å². The van der Waals surface area contributed by atoms with Gasteiger partial charge in [0.05, 0.1) is 10.0 Å². The molecule has 0 aliphatic heterocycles. The highest BCUT2D eigenvalue weighted by atomic mass is 35.5. The number of pyridine rings is 1. The fourth-order valence-corrected chi connectivity index (χ4v) is 2.05. The summed E-state index contributed by atoms with van der Waals surface area (Å²) in [6.45, 7) is 0.585. The third-order valence-corrected chi connectivity index (χ3v) is 3.12. The first kappa shape index (κ1) is 16.2. The number of aromatic nitrogens is 1. The van der Waals surface area contributed by atoms with Crippen LogP contribution in [0.25, 0.3) is 0 Å². The summed E-state index contributed by atoms with van der Waals surface area (Å²) in [4.78, 5) is 3.82. The van der Waals surface area contributed by atoms with E-state index in [2.05, 4.69) is 4.98 Å². The molecule has 1 rings (SSSR count). The van der Waals surface area contributed by atoms with Gasteiger partial charge in [0.15, 0.2) is 0 Å². The standard InChI is InChI=1S/C9H12Cl3N3.ClH/c10-5-4-15-9(12)8(11)7(5)6(14)2-1-3-13;/h4,6H,1-3,13-14H2;1H/t6-;/m1./s1. The minimum Gasteiger partial charge on any atom is -0.330 e. The number of hydrogen-bond donors (Lipinski definition) is 2. The first-order chi connectivity index (χ1) is 7.07. The van der Waals surface area contributed by atoms with Crippen molar-refractivity contribution in [3.05, 3.63) is 27.0 Å². The Kier molecular flexibility index (Phi) is 7.64. The molecule has 0 spiro atoms. The average molecular weight is 305 g/mol. The molecule has 0 aliphatic rings. The molecule has 1 aromatic heterocycles. The van der Waals surface area contributed by atoms with Crippen molar-refractivity contribution in [2.45, 2.75) is 18.9 Å². The van der Waals surface area contributed by atoms with Gasteiger partial charge in [-0.05, 0) is 19.4 Å². The lowest BCUT2D eigenvalue weighted by Crippen LogP contribution is -2.14. The summed E-state index contributed by atoms with van der Waals surface area (Å²) < 4.78 is 0. The number of halogens is 4. The highest BCUT2D eigenvalue weighted by Gasteiger charge is 2.16. The molecule has 1 heterocycles. The van der Waals surface area contributed by atoms with E-state index in [1.807, 2.05) is 0 Å². The van der Waals surface area contributed by atoms with Crippen molar-refractivity contribution in [1.82, 2.24) is 4.98 Å². The van der Waals surface area contributed by atoms with Crippen LogP contribution in [0.15, 0.2) is 6.20 Å². The van der Waals surface area contributed by atoms with Crippen molar-refractivity contribution in [2.24, 2.45) is 11.5 Å². The van der Waals surface area contributed by atoms with Crippen LogP contribution in [-0.4, -0.2) is 11.5 Å². The highest BCUT2D eigenvalue weighted by Crippen LogP contribution is 2.34. The van der Waals surface area contributed by atoms with Crippen LogP contribution in [0.2, 0.25) is 15.2 Å². The van der Waals surface area contributed by atoms with Gasteiger partial charge in [0.25, 0.3) is 0 Å². The average Bonchev–Trinajstić information content (AvgIpc) is 2.21. The topological polar surface area (TPSA) is 64.9 Å². The molecule has 4 N–H and O–H groups in total. The van der Waals surface area contributed by atoms with Crippen molar-refractivity contribution in [1.29, 1.82) is 0 Å². The Morgan fingerprint density at radius 1 is 1.31 bits per heavy atom. The van der Waals surface area contributed by atoms with Gasteiger partial charge in [0, 0.05) is 17.8 Å². The van der Waals surface area contributed by atoms with Crippen molar-refractivity contribution >= 4 is 47.2 Å². The second kappa shape index (κ2) is 7.54. The molecule has 0 unspecified atom stereocenters. The molecule has 0 saturated heterocycles. The van der Waals surface area contributed by atoms with Gasteiger partial charge in [-0.25, -0.2) is 4.98 Å². The van der Waals surface area contributed by atoms with Gasteiger partial charge in [-0.3, -0.25) is 0 Å². The van der Waals surface area contributed by atoms with Crippen LogP contribution in [0.3, 0.4) is 0 Å². The summed E-state index contributed by atoms with van der Waals surface area (Å²) in [6.07, 6.45) is 2.98. The number of rotatable bonds is 4. The minimum absolute atomic E-state index is 0. The Morgan fingerprint density at radius 3 is 2.50 bits per heavy atom. The molecule has 0 aromatic carbocycles. The molecular weight excluding hydrogens is 292 g/mol. The van der Waals surface area contributed by atoms with Crippen molar-refractivity contribution < 1.29 is 0 Å². The van der Waals surface area contributed by atoms with E-state index in [0.29, 0.717) is 22.2 Å². The summed E-state index contributed by atoms with van der Waals surface area (Å²) in [7, 11) is 0. The second-order valence-electron chi connectivity index (χ2n) is 3.16. The molecule has 0 aliphatic carbocycles. The summed E-state index contributed by atoms with van der Waals surface area (Å²) in [5.74, 6) is 0. The van der Waals surface area contributed by atoms with Crippen LogP contribution in [0, 0.1) is 0 Å². The molecular formula is C9H13Cl4N3. The van der Waals surface area contributed by atoms with Crippen LogP contribution in [-0.2, 0) is 0 Å². The first-order valence-electron chi connectivity index (χ1n) is 4.53. The monoisotopic (exact) mass is 303 g/mol. The SMILES string of the molecule is Cl.NCCC[C@@H](N)c1c(Cl)cnc(Cl)c1Cl. The molecule has 0 bridgehead atoms. The third-order valence-electron chi connectivity index (χ3n) is 2.06. The van der Waals surface area contributed by atoms with Crippen LogP contribution >= 0.6 is 47.2 Å². The lowest BCUT2D eigenvalue weighted by molar-refractivity contribution is 0.617. The van der Waals surface area contributed by atoms with E-state index in [4.69, 9.17) is 46.3 Å². The van der Waals surface area contributed by atoms with Gasteiger partial charge < -0.3 is 11.5 Å². The zero-order valence-electron chi connectivity index (χ0n) is 8.42. The fraction of sp³-hybridized carbons (Fsp3) is 0.444. The van der Waals surface area contributed by atoms with E-state index in [-0.39, 0.29) is 23.6 Å². The summed E-state index contributed by atoms with van der Waals surface area (Å²) in [5, 5.41) is 0.988. The van der Waals surface area contributed by atoms with Crippen LogP contribution in [0.1, 0.15) is 24.4 Å². The molecule has 1 atom stereocenters. The zero-order valence-corrected chi connectivity index (χ0v) is 11.5. The summed E-state index contributed by atoms with van der Waals surface area (Å²) in [5.41, 5.74) is 12.0. The van der Waals surface area contributed by atoms with Crippen LogP contribution in [0.4, 0.5) is 0 Å². The Morgan fingerprint density at radius 2 is 1.94 bits per heavy atom. The van der Waals surface area contributed by atoms with E-state index in [9.17, 15) is 0 Å². The maximum atomic E-state index is 5.98. The number of nitrogens with zero attached hydrogens (tertiary/aromatic N) is 1. The number of hydrogen-bond acceptors (Lipinski definition) is 3. The lowest BCUT2D eigenvalue weighted by atomic mass is 10.0. The van der Waals surface area contributed by atoms with Crippen LogP contribution < -0.4 is 11.5 Å². The molecule has 7 heteroatoms. The van der Waals surface area contributed by atoms with E-state index >= 15 is 0 Å². The van der Waals surface area contributed by atoms with Crippen LogP contribution in [0.5, 0.6) is 0 Å². The van der Waals surface area contributed by atoms with Gasteiger partial charge in [0.2, 0.25) is 0 Å². The molecule has 1 aromatic rings. The first-order valence-corrected chi connectivity index (χ1v) is 5.66. The zero-order chi connectivity index (χ0) is 11.4. The molecule has 0 fully saturated rings. The molecule has 92 valence electrons. The van der Waals surface area contributed by atoms with Gasteiger partial charge in [-0.1, -0.05) is 34.8 Å². The predicted molar refractivity (Wildman–Crippen MR) is 71.7 cm³/mol. The quantitative estimate of drug-likeness (QED) is 0.840. The smallest absolute Gasteiger partial charge is 0.148 e. The fourth-order valence-electron chi connectivity index (χ4n) is 1.28. The minimum atomic E-state index is -0.256. The van der Waals surface area contributed by atoms with E-state index in [1.165, 1.54) is 6.20 Å². The number of nitrogens with two attached hydrogens (primary N) is 2. The molecule has 3 nitrogen and oxygen atoms in total. The second-order valence-corrected chi connectivity index (χ2v) is 4.31. The third kappa shape index (κ3) is 3.91. The highest BCUT2D eigenvalue weighted by molar-refractivity contribution is 6.43. The largest absolute Gasteiger partial charge is 0.330 e. The van der Waals surface area contributed by atoms with Crippen molar-refractivity contribution in [3.8, 4) is 0 Å². The Labute approximate surface area is 116 Å². The van der Waals surface area contributed by atoms with Gasteiger partial charge in [-0.15, -0.1) is 12.4 Å². The predicted octanol–water partition coefficient (Wildman–Crippen LogP) is 3.20. The van der Waals surface area contributed by atoms with E-state index < -0.39 is 0 Å². The van der Waals surface area contributed by atoms with E-state index in [1.54, 1.807) is 0 Å². The Hall–Kier alpha value is 0.230. The Bertz CT molecular complexity index is 346. The lowest BCUT2D eigenvalue weighted by Gasteiger charge is -2.15. The van der Waals surface area contributed by atoms with Gasteiger partial charge in [0.1, 0.15) is 5.15 Å². The summed E-state index contributed by atoms with van der Waals surface area (Å²) in [6, 6.07) is -0.256. The Balaban J connectivity index is 0.00000225. The maximum Gasteiger partial charge on any atom is 0.148 e.